The van der Waals surface area contributed by atoms with Gasteiger partial charge in [0, 0.05) is 9.75 Å². The van der Waals surface area contributed by atoms with Crippen molar-refractivity contribution in [2.45, 2.75) is 0 Å². The van der Waals surface area contributed by atoms with E-state index in [-0.39, 0.29) is 0 Å². The van der Waals surface area contributed by atoms with Crippen LogP contribution < -0.4 is 0 Å². The van der Waals surface area contributed by atoms with E-state index in [1.165, 1.54) is 9.75 Å². The Kier molecular flexibility index (Phi) is 2.35. The Balaban J connectivity index is 2.34. The van der Waals surface area contributed by atoms with Gasteiger partial charge in [-0.1, -0.05) is 24.4 Å². The topological polar surface area (TPSA) is 0 Å². The van der Waals surface area contributed by atoms with Gasteiger partial charge in [0.1, 0.15) is 0 Å². The maximum absolute atomic E-state index is 5.32. The molecule has 0 radical (unpaired) electrons. The fourth-order valence-corrected chi connectivity index (χ4v) is 2.78. The summed E-state index contributed by atoms with van der Waals surface area (Å²) in [6, 6.07) is 8.18. The summed E-state index contributed by atoms with van der Waals surface area (Å²) in [5.41, 5.74) is 0. The van der Waals surface area contributed by atoms with Crippen LogP contribution in [-0.4, -0.2) is 4.86 Å². The monoisotopic (exact) mass is 210 g/mol. The Bertz CT molecular complexity index is 320. The van der Waals surface area contributed by atoms with Gasteiger partial charge in [0.15, 0.2) is 0 Å². The van der Waals surface area contributed by atoms with Crippen LogP contribution >= 0.6 is 34.9 Å². The van der Waals surface area contributed by atoms with E-state index in [9.17, 15) is 0 Å². The number of rotatable bonds is 2. The Hall–Kier alpha value is -0.510. The van der Waals surface area contributed by atoms with E-state index >= 15 is 0 Å². The summed E-state index contributed by atoms with van der Waals surface area (Å²) in [5.74, 6) is 0. The summed E-state index contributed by atoms with van der Waals surface area (Å²) in [6.45, 7) is 0. The summed E-state index contributed by atoms with van der Waals surface area (Å²) in [4.78, 5) is 3.35. The van der Waals surface area contributed by atoms with E-state index in [0.29, 0.717) is 0 Å². The first kappa shape index (κ1) is 8.10. The third kappa shape index (κ3) is 1.48. The smallest absolute Gasteiger partial charge is 0.0721 e. The summed E-state index contributed by atoms with van der Waals surface area (Å²) in [6.07, 6.45) is 0. The maximum atomic E-state index is 5.32. The van der Waals surface area contributed by atoms with Gasteiger partial charge < -0.3 is 0 Å². The zero-order valence-electron chi connectivity index (χ0n) is 6.19. The Morgan fingerprint density at radius 3 is 1.83 bits per heavy atom. The van der Waals surface area contributed by atoms with Crippen molar-refractivity contribution >= 4 is 39.8 Å². The van der Waals surface area contributed by atoms with Crippen molar-refractivity contribution < 1.29 is 0 Å². The van der Waals surface area contributed by atoms with E-state index in [0.717, 1.165) is 4.86 Å². The second-order valence-electron chi connectivity index (χ2n) is 2.28. The summed E-state index contributed by atoms with van der Waals surface area (Å²) in [7, 11) is 0. The molecular formula is C9H6S3. The van der Waals surface area contributed by atoms with Crippen molar-refractivity contribution in [1.82, 2.24) is 0 Å². The summed E-state index contributed by atoms with van der Waals surface area (Å²) < 4.78 is 0. The largest absolute Gasteiger partial charge is 0.143 e. The van der Waals surface area contributed by atoms with Gasteiger partial charge in [0.05, 0.1) is 4.86 Å². The lowest BCUT2D eigenvalue weighted by Gasteiger charge is -1.94. The first-order valence-corrected chi connectivity index (χ1v) is 5.66. The highest BCUT2D eigenvalue weighted by Gasteiger charge is 2.04. The molecule has 0 bridgehead atoms. The number of thiophene rings is 2. The molecule has 0 aliphatic heterocycles. The summed E-state index contributed by atoms with van der Waals surface area (Å²) >= 11 is 8.70. The zero-order valence-corrected chi connectivity index (χ0v) is 8.64. The van der Waals surface area contributed by atoms with E-state index in [4.69, 9.17) is 12.2 Å². The van der Waals surface area contributed by atoms with E-state index < -0.39 is 0 Å². The standard InChI is InChI=1S/C9H6S3/c10-9(7-3-1-5-11-7)8-4-2-6-12-8/h1-6H. The number of hydrogen-bond acceptors (Lipinski definition) is 3. The molecule has 0 aliphatic rings. The average molecular weight is 210 g/mol. The molecule has 0 aliphatic carbocycles. The molecule has 0 spiro atoms. The minimum atomic E-state index is 0.972. The van der Waals surface area contributed by atoms with E-state index in [1.54, 1.807) is 22.7 Å². The molecule has 0 nitrogen and oxygen atoms in total. The van der Waals surface area contributed by atoms with Crippen molar-refractivity contribution in [1.29, 1.82) is 0 Å². The first-order valence-electron chi connectivity index (χ1n) is 3.49. The van der Waals surface area contributed by atoms with Crippen LogP contribution in [0, 0.1) is 0 Å². The van der Waals surface area contributed by atoms with E-state index in [1.807, 2.05) is 12.1 Å². The lowest BCUT2D eigenvalue weighted by Crippen LogP contribution is -1.91. The van der Waals surface area contributed by atoms with Crippen LogP contribution in [0.4, 0.5) is 0 Å². The molecule has 0 aromatic carbocycles. The lowest BCUT2D eigenvalue weighted by atomic mass is 10.3. The van der Waals surface area contributed by atoms with E-state index in [2.05, 4.69) is 22.9 Å². The van der Waals surface area contributed by atoms with Crippen LogP contribution in [0.2, 0.25) is 0 Å². The van der Waals surface area contributed by atoms with Gasteiger partial charge in [-0.05, 0) is 22.9 Å². The molecule has 0 unspecified atom stereocenters. The molecule has 0 saturated heterocycles. The van der Waals surface area contributed by atoms with Crippen LogP contribution in [-0.2, 0) is 0 Å². The molecule has 0 amide bonds. The molecular weight excluding hydrogens is 204 g/mol. The fraction of sp³-hybridized carbons (Fsp3) is 0. The molecule has 2 rings (SSSR count). The van der Waals surface area contributed by atoms with Crippen molar-refractivity contribution in [3.63, 3.8) is 0 Å². The quantitative estimate of drug-likeness (QED) is 0.539. The highest BCUT2D eigenvalue weighted by Crippen LogP contribution is 2.19. The van der Waals surface area contributed by atoms with Crippen LogP contribution in [0.3, 0.4) is 0 Å². The Morgan fingerprint density at radius 1 is 1.00 bits per heavy atom. The SMILES string of the molecule is S=C(c1cccs1)c1cccs1. The van der Waals surface area contributed by atoms with Gasteiger partial charge in [0.2, 0.25) is 0 Å². The van der Waals surface area contributed by atoms with Crippen molar-refractivity contribution in [2.75, 3.05) is 0 Å². The molecule has 2 aromatic heterocycles. The molecule has 2 aromatic rings. The third-order valence-corrected chi connectivity index (χ3v) is 3.96. The second kappa shape index (κ2) is 3.47. The predicted molar refractivity (Wildman–Crippen MR) is 59.4 cm³/mol. The molecule has 0 N–H and O–H groups in total. The second-order valence-corrected chi connectivity index (χ2v) is 4.59. The van der Waals surface area contributed by atoms with Gasteiger partial charge in [0.25, 0.3) is 0 Å². The minimum absolute atomic E-state index is 0.972. The molecule has 0 fully saturated rings. The Morgan fingerprint density at radius 2 is 1.50 bits per heavy atom. The summed E-state index contributed by atoms with van der Waals surface area (Å²) in [5, 5.41) is 4.10. The average Bonchev–Trinajstić information content (AvgIpc) is 2.77. The maximum Gasteiger partial charge on any atom is 0.0721 e. The number of hydrogen-bond donors (Lipinski definition) is 0. The molecule has 0 atom stereocenters. The Labute approximate surface area is 84.5 Å². The fourth-order valence-electron chi connectivity index (χ4n) is 0.937. The van der Waals surface area contributed by atoms with Crippen LogP contribution in [0.1, 0.15) is 9.75 Å². The molecule has 12 heavy (non-hydrogen) atoms. The highest BCUT2D eigenvalue weighted by molar-refractivity contribution is 7.82. The van der Waals surface area contributed by atoms with Gasteiger partial charge in [-0.2, -0.15) is 0 Å². The first-order chi connectivity index (χ1) is 5.88. The van der Waals surface area contributed by atoms with Crippen LogP contribution in [0.5, 0.6) is 0 Å². The minimum Gasteiger partial charge on any atom is -0.143 e. The van der Waals surface area contributed by atoms with Crippen LogP contribution in [0.15, 0.2) is 35.0 Å². The molecule has 0 saturated carbocycles. The third-order valence-electron chi connectivity index (χ3n) is 1.49. The van der Waals surface area contributed by atoms with Crippen LogP contribution in [0.25, 0.3) is 0 Å². The lowest BCUT2D eigenvalue weighted by molar-refractivity contribution is 1.92. The molecule has 2 heterocycles. The van der Waals surface area contributed by atoms with Gasteiger partial charge >= 0.3 is 0 Å². The van der Waals surface area contributed by atoms with Crippen molar-refractivity contribution in [3.05, 3.63) is 44.8 Å². The highest BCUT2D eigenvalue weighted by atomic mass is 32.1. The zero-order chi connectivity index (χ0) is 8.39. The predicted octanol–water partition coefficient (Wildman–Crippen LogP) is 3.58. The molecule has 60 valence electrons. The van der Waals surface area contributed by atoms with Crippen molar-refractivity contribution in [3.8, 4) is 0 Å². The van der Waals surface area contributed by atoms with Crippen molar-refractivity contribution in [2.24, 2.45) is 0 Å². The number of thiocarbonyl (C=S) groups is 1. The van der Waals surface area contributed by atoms with Gasteiger partial charge in [-0.25, -0.2) is 0 Å². The normalized spacial score (nSPS) is 10.0. The van der Waals surface area contributed by atoms with Gasteiger partial charge in [-0.3, -0.25) is 0 Å². The van der Waals surface area contributed by atoms with Gasteiger partial charge in [-0.15, -0.1) is 22.7 Å². The molecule has 3 heteroatoms.